The number of nitrogens with two attached hydrogens (primary N) is 1. The van der Waals surface area contributed by atoms with Crippen molar-refractivity contribution in [3.63, 3.8) is 0 Å². The van der Waals surface area contributed by atoms with Crippen molar-refractivity contribution < 1.29 is 13.2 Å². The minimum atomic E-state index is -2.89. The summed E-state index contributed by atoms with van der Waals surface area (Å²) in [6.45, 7) is 0.418. The first-order valence-electron chi connectivity index (χ1n) is 6.59. The van der Waals surface area contributed by atoms with Gasteiger partial charge in [0.25, 0.3) is 0 Å². The van der Waals surface area contributed by atoms with Crippen molar-refractivity contribution >= 4 is 9.84 Å². The maximum absolute atomic E-state index is 11.6. The minimum absolute atomic E-state index is 0.0238. The van der Waals surface area contributed by atoms with Gasteiger partial charge >= 0.3 is 0 Å². The fourth-order valence-corrected chi connectivity index (χ4v) is 4.38. The van der Waals surface area contributed by atoms with E-state index in [1.807, 2.05) is 18.0 Å². The Labute approximate surface area is 119 Å². The molecule has 1 saturated heterocycles. The first-order chi connectivity index (χ1) is 9.46. The smallest absolute Gasteiger partial charge is 0.212 e. The molecule has 0 bridgehead atoms. The molecule has 2 rings (SSSR count). The number of rotatable bonds is 5. The van der Waals surface area contributed by atoms with Crippen molar-refractivity contribution in [1.29, 1.82) is 0 Å². The zero-order chi connectivity index (χ0) is 14.8. The lowest BCUT2D eigenvalue weighted by molar-refractivity contribution is 0.192. The van der Waals surface area contributed by atoms with Crippen LogP contribution in [0.25, 0.3) is 0 Å². The van der Waals surface area contributed by atoms with Crippen LogP contribution in [0, 0.1) is 0 Å². The van der Waals surface area contributed by atoms with Gasteiger partial charge in [-0.1, -0.05) is 6.07 Å². The molecule has 0 aromatic carbocycles. The van der Waals surface area contributed by atoms with E-state index in [1.54, 1.807) is 19.4 Å². The highest BCUT2D eigenvalue weighted by Crippen LogP contribution is 2.26. The molecule has 2 heterocycles. The Hall–Kier alpha value is -1.18. The first kappa shape index (κ1) is 15.2. The number of hydrogen-bond donors (Lipinski definition) is 1. The Morgan fingerprint density at radius 1 is 1.55 bits per heavy atom. The molecule has 7 heteroatoms. The molecular weight excluding hydrogens is 278 g/mol. The number of hydrogen-bond acceptors (Lipinski definition) is 6. The normalized spacial score (nSPS) is 22.9. The second-order valence-electron chi connectivity index (χ2n) is 5.11. The highest BCUT2D eigenvalue weighted by molar-refractivity contribution is 7.91. The van der Waals surface area contributed by atoms with Crippen molar-refractivity contribution in [2.75, 3.05) is 32.2 Å². The molecule has 2 N–H and O–H groups in total. The number of likely N-dealkylation sites (N-methyl/N-ethyl adjacent to an activating group) is 1. The van der Waals surface area contributed by atoms with E-state index < -0.39 is 9.84 Å². The van der Waals surface area contributed by atoms with Gasteiger partial charge in [0.15, 0.2) is 9.84 Å². The van der Waals surface area contributed by atoms with Crippen LogP contribution >= 0.6 is 0 Å². The summed E-state index contributed by atoms with van der Waals surface area (Å²) in [4.78, 5) is 6.23. The monoisotopic (exact) mass is 299 g/mol. The molecule has 0 amide bonds. The Morgan fingerprint density at radius 2 is 2.30 bits per heavy atom. The number of sulfone groups is 1. The molecular formula is C13H21N3O3S. The van der Waals surface area contributed by atoms with E-state index in [-0.39, 0.29) is 23.6 Å². The molecule has 1 aliphatic rings. The zero-order valence-corrected chi connectivity index (χ0v) is 12.6. The molecule has 0 spiro atoms. The molecule has 1 fully saturated rings. The van der Waals surface area contributed by atoms with Crippen molar-refractivity contribution in [3.05, 3.63) is 23.9 Å². The summed E-state index contributed by atoms with van der Waals surface area (Å²) in [7, 11) is 0.598. The number of aromatic nitrogens is 1. The average molecular weight is 299 g/mol. The van der Waals surface area contributed by atoms with E-state index in [9.17, 15) is 8.42 Å². The Bertz CT molecular complexity index is 544. The van der Waals surface area contributed by atoms with Crippen molar-refractivity contribution in [3.8, 4) is 5.88 Å². The standard InChI is InChI=1S/C13H21N3O3S/c1-16(11-5-6-20(17,18)9-11)12(7-14)10-3-4-13(19-2)15-8-10/h3-4,8,11-12H,5-7,9,14H2,1-2H3. The van der Waals surface area contributed by atoms with Crippen molar-refractivity contribution in [2.45, 2.75) is 18.5 Å². The third-order valence-electron chi connectivity index (χ3n) is 3.85. The van der Waals surface area contributed by atoms with Gasteiger partial charge in [-0.3, -0.25) is 4.90 Å². The molecule has 0 saturated carbocycles. The zero-order valence-electron chi connectivity index (χ0n) is 11.8. The van der Waals surface area contributed by atoms with Crippen LogP contribution in [0.15, 0.2) is 18.3 Å². The van der Waals surface area contributed by atoms with E-state index in [0.29, 0.717) is 18.8 Å². The fourth-order valence-electron chi connectivity index (χ4n) is 2.60. The molecule has 1 aromatic heterocycles. The average Bonchev–Trinajstić information content (AvgIpc) is 2.80. The molecule has 1 aliphatic heterocycles. The summed E-state index contributed by atoms with van der Waals surface area (Å²) in [5.41, 5.74) is 6.83. The van der Waals surface area contributed by atoms with Crippen LogP contribution in [-0.4, -0.2) is 56.6 Å². The SMILES string of the molecule is COc1ccc(C(CN)N(C)C2CCS(=O)(=O)C2)cn1. The predicted octanol–water partition coefficient (Wildman–Crippen LogP) is 0.209. The van der Waals surface area contributed by atoms with Crippen LogP contribution in [0.5, 0.6) is 5.88 Å². The van der Waals surface area contributed by atoms with E-state index in [4.69, 9.17) is 10.5 Å². The lowest BCUT2D eigenvalue weighted by Gasteiger charge is -2.31. The summed E-state index contributed by atoms with van der Waals surface area (Å²) < 4.78 is 28.2. The van der Waals surface area contributed by atoms with Gasteiger partial charge in [-0.25, -0.2) is 13.4 Å². The van der Waals surface area contributed by atoms with Gasteiger partial charge in [-0.05, 0) is 19.0 Å². The first-order valence-corrected chi connectivity index (χ1v) is 8.41. The molecule has 0 radical (unpaired) electrons. The summed E-state index contributed by atoms with van der Waals surface area (Å²) in [6, 6.07) is 3.70. The summed E-state index contributed by atoms with van der Waals surface area (Å²) in [5, 5.41) is 0. The van der Waals surface area contributed by atoms with Gasteiger partial charge in [0, 0.05) is 30.9 Å². The van der Waals surface area contributed by atoms with Crippen molar-refractivity contribution in [1.82, 2.24) is 9.88 Å². The minimum Gasteiger partial charge on any atom is -0.481 e. The number of pyridine rings is 1. The lowest BCUT2D eigenvalue weighted by Crippen LogP contribution is -2.39. The van der Waals surface area contributed by atoms with Crippen LogP contribution in [0.2, 0.25) is 0 Å². The van der Waals surface area contributed by atoms with Gasteiger partial charge in [0.1, 0.15) is 0 Å². The van der Waals surface area contributed by atoms with E-state index in [2.05, 4.69) is 4.98 Å². The summed E-state index contributed by atoms with van der Waals surface area (Å²) >= 11 is 0. The van der Waals surface area contributed by atoms with E-state index >= 15 is 0 Å². The van der Waals surface area contributed by atoms with Gasteiger partial charge < -0.3 is 10.5 Å². The third-order valence-corrected chi connectivity index (χ3v) is 5.60. The summed E-state index contributed by atoms with van der Waals surface area (Å²) in [5.74, 6) is 1.03. The predicted molar refractivity (Wildman–Crippen MR) is 77.4 cm³/mol. The third kappa shape index (κ3) is 3.28. The fraction of sp³-hybridized carbons (Fsp3) is 0.615. The second kappa shape index (κ2) is 6.07. The van der Waals surface area contributed by atoms with Crippen LogP contribution in [0.4, 0.5) is 0 Å². The maximum Gasteiger partial charge on any atom is 0.212 e. The summed E-state index contributed by atoms with van der Waals surface area (Å²) in [6.07, 6.45) is 2.40. The Balaban J connectivity index is 2.14. The van der Waals surface area contributed by atoms with Crippen molar-refractivity contribution in [2.24, 2.45) is 5.73 Å². The van der Waals surface area contributed by atoms with Gasteiger partial charge in [-0.15, -0.1) is 0 Å². The van der Waals surface area contributed by atoms with E-state index in [0.717, 1.165) is 5.56 Å². The number of nitrogens with zero attached hydrogens (tertiary/aromatic N) is 2. The molecule has 2 unspecified atom stereocenters. The van der Waals surface area contributed by atoms with Gasteiger partial charge in [-0.2, -0.15) is 0 Å². The second-order valence-corrected chi connectivity index (χ2v) is 7.34. The lowest BCUT2D eigenvalue weighted by atomic mass is 10.1. The van der Waals surface area contributed by atoms with E-state index in [1.165, 1.54) is 0 Å². The Morgan fingerprint density at radius 3 is 2.75 bits per heavy atom. The topological polar surface area (TPSA) is 85.5 Å². The largest absolute Gasteiger partial charge is 0.481 e. The molecule has 6 nitrogen and oxygen atoms in total. The van der Waals surface area contributed by atoms with Crippen LogP contribution < -0.4 is 10.5 Å². The number of methoxy groups -OCH3 is 1. The van der Waals surface area contributed by atoms with Crippen LogP contribution in [0.1, 0.15) is 18.0 Å². The molecule has 2 atom stereocenters. The van der Waals surface area contributed by atoms with Crippen LogP contribution in [0.3, 0.4) is 0 Å². The maximum atomic E-state index is 11.6. The highest BCUT2D eigenvalue weighted by atomic mass is 32.2. The highest BCUT2D eigenvalue weighted by Gasteiger charge is 2.33. The van der Waals surface area contributed by atoms with Crippen LogP contribution in [-0.2, 0) is 9.84 Å². The molecule has 20 heavy (non-hydrogen) atoms. The quantitative estimate of drug-likeness (QED) is 0.836. The molecule has 0 aliphatic carbocycles. The molecule has 112 valence electrons. The Kier molecular flexibility index (Phi) is 4.62. The van der Waals surface area contributed by atoms with Gasteiger partial charge in [0.05, 0.1) is 18.6 Å². The molecule has 1 aromatic rings. The number of ether oxygens (including phenoxy) is 1. The van der Waals surface area contributed by atoms with Gasteiger partial charge in [0.2, 0.25) is 5.88 Å².